The third kappa shape index (κ3) is 6.53. The minimum absolute atomic E-state index is 0.145. The number of aromatic nitrogens is 1. The van der Waals surface area contributed by atoms with Crippen LogP contribution in [-0.2, 0) is 25.4 Å². The molecule has 1 aromatic rings. The van der Waals surface area contributed by atoms with Gasteiger partial charge in [-0.3, -0.25) is 10.1 Å². The summed E-state index contributed by atoms with van der Waals surface area (Å²) in [5.74, 6) is -1.12. The highest BCUT2D eigenvalue weighted by molar-refractivity contribution is 7.17. The fourth-order valence-electron chi connectivity index (χ4n) is 1.62. The van der Waals surface area contributed by atoms with Gasteiger partial charge in [0.25, 0.3) is 0 Å². The fourth-order valence-corrected chi connectivity index (χ4v) is 2.48. The molecule has 8 nitrogen and oxygen atoms in total. The van der Waals surface area contributed by atoms with E-state index in [2.05, 4.69) is 10.3 Å². The first kappa shape index (κ1) is 19.9. The minimum Gasteiger partial charge on any atom is -0.466 e. The number of esters is 2. The molecule has 0 unspecified atom stereocenters. The van der Waals surface area contributed by atoms with Gasteiger partial charge in [0.2, 0.25) is 0 Å². The van der Waals surface area contributed by atoms with Crippen LogP contribution in [0.25, 0.3) is 0 Å². The number of carbonyl (C=O) groups is 3. The molecule has 1 rings (SSSR count). The lowest BCUT2D eigenvalue weighted by molar-refractivity contribution is -0.142. The van der Waals surface area contributed by atoms with E-state index in [1.54, 1.807) is 34.6 Å². The van der Waals surface area contributed by atoms with E-state index in [9.17, 15) is 14.4 Å². The van der Waals surface area contributed by atoms with Crippen molar-refractivity contribution in [3.05, 3.63) is 10.6 Å². The lowest BCUT2D eigenvalue weighted by Crippen LogP contribution is -2.27. The number of nitrogens with zero attached hydrogens (tertiary/aromatic N) is 1. The molecule has 0 saturated heterocycles. The van der Waals surface area contributed by atoms with E-state index >= 15 is 0 Å². The first-order valence-corrected chi connectivity index (χ1v) is 8.30. The second-order valence-corrected chi connectivity index (χ2v) is 6.62. The van der Waals surface area contributed by atoms with E-state index in [1.807, 2.05) is 0 Å². The third-order valence-electron chi connectivity index (χ3n) is 2.38. The highest BCUT2D eigenvalue weighted by atomic mass is 32.1. The van der Waals surface area contributed by atoms with Gasteiger partial charge in [-0.2, -0.15) is 0 Å². The van der Waals surface area contributed by atoms with E-state index in [0.29, 0.717) is 0 Å². The fraction of sp³-hybridized carbons (Fsp3) is 0.600. The number of hydrogen-bond acceptors (Lipinski definition) is 8. The van der Waals surface area contributed by atoms with Crippen LogP contribution in [0.15, 0.2) is 0 Å². The second kappa shape index (κ2) is 8.62. The van der Waals surface area contributed by atoms with Crippen molar-refractivity contribution in [3.8, 4) is 0 Å². The molecule has 1 N–H and O–H groups in total. The predicted octanol–water partition coefficient (Wildman–Crippen LogP) is 2.77. The predicted molar refractivity (Wildman–Crippen MR) is 88.3 cm³/mol. The van der Waals surface area contributed by atoms with E-state index in [0.717, 1.165) is 11.3 Å². The maximum absolute atomic E-state index is 12.0. The van der Waals surface area contributed by atoms with Gasteiger partial charge < -0.3 is 14.2 Å². The molecule has 9 heteroatoms. The van der Waals surface area contributed by atoms with Gasteiger partial charge in [0, 0.05) is 0 Å². The SMILES string of the molecule is CCOC(=O)Cc1nc(NC(=O)OC(C)(C)C)sc1C(=O)OCC. The van der Waals surface area contributed by atoms with Crippen molar-refractivity contribution in [2.75, 3.05) is 18.5 Å². The Kier molecular flexibility index (Phi) is 7.15. The van der Waals surface area contributed by atoms with Crippen molar-refractivity contribution in [1.29, 1.82) is 0 Å². The number of thiazole rings is 1. The van der Waals surface area contributed by atoms with Crippen LogP contribution in [0.2, 0.25) is 0 Å². The summed E-state index contributed by atoms with van der Waals surface area (Å²) in [7, 11) is 0. The average Bonchev–Trinajstić information content (AvgIpc) is 2.79. The normalized spacial score (nSPS) is 10.9. The standard InChI is InChI=1S/C15H22N2O6S/c1-6-21-10(18)8-9-11(12(19)22-7-2)24-13(16-9)17-14(20)23-15(3,4)5/h6-8H2,1-5H3,(H,16,17,20). The number of carbonyl (C=O) groups excluding carboxylic acids is 3. The Bertz CT molecular complexity index is 606. The lowest BCUT2D eigenvalue weighted by Gasteiger charge is -2.18. The van der Waals surface area contributed by atoms with Crippen molar-refractivity contribution in [1.82, 2.24) is 4.98 Å². The molecule has 0 aliphatic heterocycles. The average molecular weight is 358 g/mol. The summed E-state index contributed by atoms with van der Waals surface area (Å²) in [5, 5.41) is 2.59. The Morgan fingerprint density at radius 2 is 1.75 bits per heavy atom. The molecular weight excluding hydrogens is 336 g/mol. The summed E-state index contributed by atoms with van der Waals surface area (Å²) >= 11 is 0.917. The monoisotopic (exact) mass is 358 g/mol. The zero-order chi connectivity index (χ0) is 18.3. The Labute approximate surface area is 144 Å². The van der Waals surface area contributed by atoms with Crippen LogP contribution in [0.4, 0.5) is 9.93 Å². The van der Waals surface area contributed by atoms with Crippen molar-refractivity contribution in [2.45, 2.75) is 46.6 Å². The second-order valence-electron chi connectivity index (χ2n) is 5.62. The molecule has 0 radical (unpaired) electrons. The smallest absolute Gasteiger partial charge is 0.413 e. The molecule has 0 aromatic carbocycles. The molecule has 134 valence electrons. The number of nitrogens with one attached hydrogen (secondary N) is 1. The molecule has 24 heavy (non-hydrogen) atoms. The number of ether oxygens (including phenoxy) is 3. The lowest BCUT2D eigenvalue weighted by atomic mass is 10.2. The molecule has 1 aromatic heterocycles. The number of rotatable bonds is 6. The van der Waals surface area contributed by atoms with E-state index in [-0.39, 0.29) is 35.3 Å². The molecule has 0 spiro atoms. The van der Waals surface area contributed by atoms with E-state index < -0.39 is 23.6 Å². The van der Waals surface area contributed by atoms with Crippen LogP contribution in [0.3, 0.4) is 0 Å². The van der Waals surface area contributed by atoms with E-state index in [1.165, 1.54) is 0 Å². The largest absolute Gasteiger partial charge is 0.466 e. The van der Waals surface area contributed by atoms with Crippen molar-refractivity contribution >= 4 is 34.5 Å². The van der Waals surface area contributed by atoms with Gasteiger partial charge in [-0.15, -0.1) is 0 Å². The van der Waals surface area contributed by atoms with Crippen LogP contribution in [0, 0.1) is 0 Å². The first-order valence-electron chi connectivity index (χ1n) is 7.48. The van der Waals surface area contributed by atoms with E-state index in [4.69, 9.17) is 14.2 Å². The molecule has 1 heterocycles. The zero-order valence-electron chi connectivity index (χ0n) is 14.4. The van der Waals surface area contributed by atoms with Crippen LogP contribution in [-0.4, -0.2) is 41.8 Å². The highest BCUT2D eigenvalue weighted by Crippen LogP contribution is 2.25. The summed E-state index contributed by atoms with van der Waals surface area (Å²) in [5.41, 5.74) is -0.470. The summed E-state index contributed by atoms with van der Waals surface area (Å²) in [6.45, 7) is 8.94. The molecular formula is C15H22N2O6S. The Hall–Kier alpha value is -2.16. The molecule has 0 bridgehead atoms. The van der Waals surface area contributed by atoms with Crippen molar-refractivity contribution in [3.63, 3.8) is 0 Å². The first-order chi connectivity index (χ1) is 11.2. The van der Waals surface area contributed by atoms with Gasteiger partial charge in [-0.25, -0.2) is 14.6 Å². The van der Waals surface area contributed by atoms with Crippen LogP contribution < -0.4 is 5.32 Å². The topological polar surface area (TPSA) is 104 Å². The third-order valence-corrected chi connectivity index (χ3v) is 3.38. The number of hydrogen-bond donors (Lipinski definition) is 1. The summed E-state index contributed by atoms with van der Waals surface area (Å²) in [6, 6.07) is 0. The quantitative estimate of drug-likeness (QED) is 0.616. The molecule has 0 aliphatic carbocycles. The molecule has 0 atom stereocenters. The Balaban J connectivity index is 2.96. The number of anilines is 1. The van der Waals surface area contributed by atoms with Gasteiger partial charge in [0.15, 0.2) is 5.13 Å². The molecule has 0 saturated carbocycles. The van der Waals surface area contributed by atoms with Gasteiger partial charge in [-0.1, -0.05) is 11.3 Å². The van der Waals surface area contributed by atoms with Gasteiger partial charge >= 0.3 is 18.0 Å². The Morgan fingerprint density at radius 1 is 1.12 bits per heavy atom. The molecule has 0 aliphatic rings. The van der Waals surface area contributed by atoms with Gasteiger partial charge in [-0.05, 0) is 34.6 Å². The van der Waals surface area contributed by atoms with Gasteiger partial charge in [0.05, 0.1) is 25.3 Å². The van der Waals surface area contributed by atoms with Crippen molar-refractivity contribution < 1.29 is 28.6 Å². The summed E-state index contributed by atoms with van der Waals surface area (Å²) in [6.07, 6.45) is -0.886. The maximum atomic E-state index is 12.0. The molecule has 0 fully saturated rings. The molecule has 1 amide bonds. The summed E-state index contributed by atoms with van der Waals surface area (Å²) < 4.78 is 14.9. The minimum atomic E-state index is -0.700. The Morgan fingerprint density at radius 3 is 2.29 bits per heavy atom. The number of amides is 1. The van der Waals surface area contributed by atoms with Gasteiger partial charge in [0.1, 0.15) is 10.5 Å². The zero-order valence-corrected chi connectivity index (χ0v) is 15.2. The van der Waals surface area contributed by atoms with Crippen LogP contribution >= 0.6 is 11.3 Å². The highest BCUT2D eigenvalue weighted by Gasteiger charge is 2.24. The van der Waals surface area contributed by atoms with Crippen LogP contribution in [0.1, 0.15) is 50.0 Å². The van der Waals surface area contributed by atoms with Crippen molar-refractivity contribution in [2.24, 2.45) is 0 Å². The summed E-state index contributed by atoms with van der Waals surface area (Å²) in [4.78, 5) is 39.7. The maximum Gasteiger partial charge on any atom is 0.413 e. The van der Waals surface area contributed by atoms with Crippen LogP contribution in [0.5, 0.6) is 0 Å².